The molecular formula is C16H17BrN2OS. The van der Waals surface area contributed by atoms with Crippen LogP contribution in [-0.4, -0.2) is 19.1 Å². The van der Waals surface area contributed by atoms with Crippen LogP contribution >= 0.6 is 28.1 Å². The molecule has 0 saturated heterocycles. The largest absolute Gasteiger partial charge is 0.496 e. The average Bonchev–Trinajstić information content (AvgIpc) is 2.47. The number of hydrogen-bond donors (Lipinski definition) is 1. The van der Waals surface area contributed by atoms with Gasteiger partial charge in [-0.05, 0) is 45.8 Å². The van der Waals surface area contributed by atoms with Crippen molar-refractivity contribution in [3.05, 3.63) is 58.1 Å². The molecule has 0 aromatic heterocycles. The Kier molecular flexibility index (Phi) is 5.20. The molecule has 0 aliphatic heterocycles. The molecule has 2 aromatic rings. The monoisotopic (exact) mass is 364 g/mol. The van der Waals surface area contributed by atoms with Gasteiger partial charge in [-0.1, -0.05) is 30.4 Å². The summed E-state index contributed by atoms with van der Waals surface area (Å²) < 4.78 is 6.19. The van der Waals surface area contributed by atoms with Crippen LogP contribution in [0.2, 0.25) is 0 Å². The number of thiocarbonyl (C=S) groups is 1. The molecule has 0 amide bonds. The van der Waals surface area contributed by atoms with E-state index in [1.54, 1.807) is 7.11 Å². The Labute approximate surface area is 138 Å². The van der Waals surface area contributed by atoms with Gasteiger partial charge < -0.3 is 15.4 Å². The van der Waals surface area contributed by atoms with Crippen molar-refractivity contribution in [2.45, 2.75) is 6.54 Å². The van der Waals surface area contributed by atoms with Crippen LogP contribution in [0.1, 0.15) is 11.1 Å². The normalized spacial score (nSPS) is 10.2. The molecule has 0 aliphatic carbocycles. The fourth-order valence-electron chi connectivity index (χ4n) is 2.07. The minimum absolute atomic E-state index is 0.414. The second-order valence-corrected chi connectivity index (χ2v) is 6.03. The SMILES string of the molecule is COc1ccc(CN(C)c2cccc(C(N)=S)c2)cc1Br. The van der Waals surface area contributed by atoms with Gasteiger partial charge in [-0.3, -0.25) is 0 Å². The maximum atomic E-state index is 5.68. The number of nitrogens with two attached hydrogens (primary N) is 1. The number of anilines is 1. The van der Waals surface area contributed by atoms with E-state index in [0.717, 1.165) is 28.0 Å². The number of benzene rings is 2. The van der Waals surface area contributed by atoms with Crippen LogP contribution < -0.4 is 15.4 Å². The van der Waals surface area contributed by atoms with E-state index >= 15 is 0 Å². The molecule has 2 N–H and O–H groups in total. The van der Waals surface area contributed by atoms with Gasteiger partial charge in [-0.15, -0.1) is 0 Å². The van der Waals surface area contributed by atoms with Gasteiger partial charge in [0.25, 0.3) is 0 Å². The summed E-state index contributed by atoms with van der Waals surface area (Å²) in [6.45, 7) is 0.781. The first-order chi connectivity index (χ1) is 10.0. The lowest BCUT2D eigenvalue weighted by atomic mass is 10.1. The maximum absolute atomic E-state index is 5.68. The molecule has 2 aromatic carbocycles. The quantitative estimate of drug-likeness (QED) is 0.820. The van der Waals surface area contributed by atoms with Crippen LogP contribution in [0, 0.1) is 0 Å². The number of ether oxygens (including phenoxy) is 1. The predicted molar refractivity (Wildman–Crippen MR) is 95.1 cm³/mol. The zero-order valence-corrected chi connectivity index (χ0v) is 14.4. The predicted octanol–water partition coefficient (Wildman–Crippen LogP) is 3.73. The van der Waals surface area contributed by atoms with Gasteiger partial charge in [-0.2, -0.15) is 0 Å². The van der Waals surface area contributed by atoms with Crippen molar-refractivity contribution in [1.29, 1.82) is 0 Å². The zero-order chi connectivity index (χ0) is 15.4. The third kappa shape index (κ3) is 3.95. The molecule has 110 valence electrons. The van der Waals surface area contributed by atoms with E-state index in [1.165, 1.54) is 5.56 Å². The number of methoxy groups -OCH3 is 1. The van der Waals surface area contributed by atoms with E-state index in [2.05, 4.69) is 33.0 Å². The molecule has 0 unspecified atom stereocenters. The summed E-state index contributed by atoms with van der Waals surface area (Å²) in [5, 5.41) is 0. The Bertz CT molecular complexity index is 660. The van der Waals surface area contributed by atoms with E-state index in [9.17, 15) is 0 Å². The Morgan fingerprint density at radius 3 is 2.67 bits per heavy atom. The molecule has 3 nitrogen and oxygen atoms in total. The molecule has 0 heterocycles. The van der Waals surface area contributed by atoms with E-state index in [1.807, 2.05) is 37.4 Å². The maximum Gasteiger partial charge on any atom is 0.133 e. The summed E-state index contributed by atoms with van der Waals surface area (Å²) in [6, 6.07) is 14.0. The fourth-order valence-corrected chi connectivity index (χ4v) is 2.79. The van der Waals surface area contributed by atoms with Crippen LogP contribution in [0.5, 0.6) is 5.75 Å². The van der Waals surface area contributed by atoms with Gasteiger partial charge in [0.05, 0.1) is 11.6 Å². The van der Waals surface area contributed by atoms with Gasteiger partial charge in [0.2, 0.25) is 0 Å². The summed E-state index contributed by atoms with van der Waals surface area (Å²) in [4.78, 5) is 2.56. The topological polar surface area (TPSA) is 38.5 Å². The number of hydrogen-bond acceptors (Lipinski definition) is 3. The number of nitrogens with zero attached hydrogens (tertiary/aromatic N) is 1. The second kappa shape index (κ2) is 6.91. The zero-order valence-electron chi connectivity index (χ0n) is 12.0. The molecule has 0 spiro atoms. The van der Waals surface area contributed by atoms with Gasteiger partial charge in [0, 0.05) is 24.8 Å². The number of halogens is 1. The van der Waals surface area contributed by atoms with Crippen LogP contribution in [0.25, 0.3) is 0 Å². The lowest BCUT2D eigenvalue weighted by molar-refractivity contribution is 0.412. The highest BCUT2D eigenvalue weighted by atomic mass is 79.9. The first-order valence-electron chi connectivity index (χ1n) is 6.44. The minimum atomic E-state index is 0.414. The summed E-state index contributed by atoms with van der Waals surface area (Å²) in [5.41, 5.74) is 8.82. The Hall–Kier alpha value is -1.59. The molecular weight excluding hydrogens is 348 g/mol. The van der Waals surface area contributed by atoms with E-state index in [4.69, 9.17) is 22.7 Å². The summed E-state index contributed by atoms with van der Waals surface area (Å²) in [5.74, 6) is 0.830. The lowest BCUT2D eigenvalue weighted by Crippen LogP contribution is -2.17. The van der Waals surface area contributed by atoms with Crippen molar-refractivity contribution >= 4 is 38.8 Å². The molecule has 0 atom stereocenters. The first-order valence-corrected chi connectivity index (χ1v) is 7.65. The Balaban J connectivity index is 2.17. The fraction of sp³-hybridized carbons (Fsp3) is 0.188. The summed E-state index contributed by atoms with van der Waals surface area (Å²) in [6.07, 6.45) is 0. The standard InChI is InChI=1S/C16H17BrN2OS/c1-19(13-5-3-4-12(9-13)16(18)21)10-11-6-7-15(20-2)14(17)8-11/h3-9H,10H2,1-2H3,(H2,18,21). The van der Waals surface area contributed by atoms with Crippen LogP contribution in [-0.2, 0) is 6.54 Å². The van der Waals surface area contributed by atoms with Crippen LogP contribution in [0.3, 0.4) is 0 Å². The molecule has 0 aliphatic rings. The van der Waals surface area contributed by atoms with Crippen molar-refractivity contribution in [3.8, 4) is 5.75 Å². The smallest absolute Gasteiger partial charge is 0.133 e. The molecule has 0 saturated carbocycles. The molecule has 0 fully saturated rings. The van der Waals surface area contributed by atoms with Crippen molar-refractivity contribution in [1.82, 2.24) is 0 Å². The van der Waals surface area contributed by atoms with E-state index < -0.39 is 0 Å². The van der Waals surface area contributed by atoms with Crippen LogP contribution in [0.15, 0.2) is 46.9 Å². The van der Waals surface area contributed by atoms with E-state index in [0.29, 0.717) is 4.99 Å². The van der Waals surface area contributed by atoms with Gasteiger partial charge in [-0.25, -0.2) is 0 Å². The lowest BCUT2D eigenvalue weighted by Gasteiger charge is -2.20. The third-order valence-electron chi connectivity index (χ3n) is 3.21. The van der Waals surface area contributed by atoms with Crippen molar-refractivity contribution in [3.63, 3.8) is 0 Å². The minimum Gasteiger partial charge on any atom is -0.496 e. The average molecular weight is 365 g/mol. The van der Waals surface area contributed by atoms with Crippen molar-refractivity contribution in [2.24, 2.45) is 5.73 Å². The third-order valence-corrected chi connectivity index (χ3v) is 4.06. The highest BCUT2D eigenvalue weighted by Crippen LogP contribution is 2.26. The van der Waals surface area contributed by atoms with E-state index in [-0.39, 0.29) is 0 Å². The van der Waals surface area contributed by atoms with Gasteiger partial charge in [0.15, 0.2) is 0 Å². The second-order valence-electron chi connectivity index (χ2n) is 4.74. The van der Waals surface area contributed by atoms with Crippen LogP contribution in [0.4, 0.5) is 5.69 Å². The van der Waals surface area contributed by atoms with Crippen molar-refractivity contribution < 1.29 is 4.74 Å². The Morgan fingerprint density at radius 2 is 2.05 bits per heavy atom. The van der Waals surface area contributed by atoms with Gasteiger partial charge >= 0.3 is 0 Å². The Morgan fingerprint density at radius 1 is 1.29 bits per heavy atom. The van der Waals surface area contributed by atoms with Gasteiger partial charge in [0.1, 0.15) is 10.7 Å². The highest BCUT2D eigenvalue weighted by Gasteiger charge is 2.06. The summed E-state index contributed by atoms with van der Waals surface area (Å²) in [7, 11) is 3.70. The van der Waals surface area contributed by atoms with Crippen molar-refractivity contribution in [2.75, 3.05) is 19.1 Å². The first kappa shape index (κ1) is 15.8. The molecule has 21 heavy (non-hydrogen) atoms. The molecule has 5 heteroatoms. The molecule has 0 radical (unpaired) electrons. The summed E-state index contributed by atoms with van der Waals surface area (Å²) >= 11 is 8.53. The highest BCUT2D eigenvalue weighted by molar-refractivity contribution is 9.10. The molecule has 2 rings (SSSR count). The molecule has 0 bridgehead atoms. The number of rotatable bonds is 5.